The van der Waals surface area contributed by atoms with Gasteiger partial charge < -0.3 is 5.32 Å². The highest BCUT2D eigenvalue weighted by Gasteiger charge is 2.32. The number of benzene rings is 1. The van der Waals surface area contributed by atoms with Gasteiger partial charge in [-0.25, -0.2) is 13.1 Å². The lowest BCUT2D eigenvalue weighted by Gasteiger charge is -2.22. The van der Waals surface area contributed by atoms with Crippen molar-refractivity contribution in [2.75, 3.05) is 6.54 Å². The van der Waals surface area contributed by atoms with E-state index in [1.165, 1.54) is 12.1 Å². The number of amides is 1. The van der Waals surface area contributed by atoms with Crippen LogP contribution in [0.1, 0.15) is 50.7 Å². The lowest BCUT2D eigenvalue weighted by molar-refractivity contribution is -0.141. The molecule has 2 atom stereocenters. The fourth-order valence-electron chi connectivity index (χ4n) is 4.24. The van der Waals surface area contributed by atoms with Gasteiger partial charge in [-0.2, -0.15) is 0 Å². The standard InChI is InChI=1S/C26H33N3O5S/c1-18(2)13-23(29-35(33,34)22-9-4-3-5-10-22)24(30)15-21-8-6-7-19-14-20(17-27-16-19)11-12-28-26(32)25(21)31/h3-5,9-10,14,16-18,21,23,29H,6-8,11-13,15H2,1-2H3,(H,28,32). The minimum Gasteiger partial charge on any atom is -0.349 e. The highest BCUT2D eigenvalue weighted by molar-refractivity contribution is 7.89. The van der Waals surface area contributed by atoms with Crippen molar-refractivity contribution in [1.82, 2.24) is 15.0 Å². The normalized spacial score (nSPS) is 18.3. The fraction of sp³-hybridized carbons (Fsp3) is 0.462. The van der Waals surface area contributed by atoms with Crippen molar-refractivity contribution in [2.24, 2.45) is 11.8 Å². The first-order chi connectivity index (χ1) is 16.7. The number of nitrogens with one attached hydrogen (secondary N) is 2. The summed E-state index contributed by atoms with van der Waals surface area (Å²) in [5, 5.41) is 2.64. The first kappa shape index (κ1) is 26.7. The van der Waals surface area contributed by atoms with Crippen molar-refractivity contribution in [1.29, 1.82) is 0 Å². The summed E-state index contributed by atoms with van der Waals surface area (Å²) >= 11 is 0. The summed E-state index contributed by atoms with van der Waals surface area (Å²) < 4.78 is 28.3. The van der Waals surface area contributed by atoms with Crippen molar-refractivity contribution in [3.8, 4) is 0 Å². The maximum Gasteiger partial charge on any atom is 0.287 e. The van der Waals surface area contributed by atoms with E-state index >= 15 is 0 Å². The van der Waals surface area contributed by atoms with Gasteiger partial charge in [0, 0.05) is 31.3 Å². The number of carbonyl (C=O) groups excluding carboxylic acids is 3. The van der Waals surface area contributed by atoms with Gasteiger partial charge in [0.1, 0.15) is 0 Å². The first-order valence-electron chi connectivity index (χ1n) is 12.0. The van der Waals surface area contributed by atoms with Crippen LogP contribution in [0, 0.1) is 11.8 Å². The molecule has 0 fully saturated rings. The van der Waals surface area contributed by atoms with E-state index in [-0.39, 0.29) is 29.4 Å². The SMILES string of the molecule is CC(C)CC(NS(=O)(=O)c1ccccc1)C(=O)CC1CCCc2cncc(c2)CCNC(=O)C1=O. The maximum atomic E-state index is 13.3. The molecule has 9 heteroatoms. The van der Waals surface area contributed by atoms with Crippen LogP contribution in [0.5, 0.6) is 0 Å². The molecule has 0 radical (unpaired) electrons. The highest BCUT2D eigenvalue weighted by atomic mass is 32.2. The van der Waals surface area contributed by atoms with E-state index < -0.39 is 33.7 Å². The van der Waals surface area contributed by atoms with Crippen molar-refractivity contribution < 1.29 is 22.8 Å². The minimum absolute atomic E-state index is 0.0394. The number of hydrogen-bond donors (Lipinski definition) is 2. The smallest absolute Gasteiger partial charge is 0.287 e. The number of carbonyl (C=O) groups is 3. The van der Waals surface area contributed by atoms with Crippen molar-refractivity contribution in [3.05, 3.63) is 59.9 Å². The second-order valence-corrected chi connectivity index (χ2v) is 11.2. The lowest BCUT2D eigenvalue weighted by Crippen LogP contribution is -2.44. The molecule has 1 aliphatic rings. The summed E-state index contributed by atoms with van der Waals surface area (Å²) in [6, 6.07) is 8.91. The Kier molecular flexibility index (Phi) is 9.28. The molecule has 1 aromatic heterocycles. The van der Waals surface area contributed by atoms with Gasteiger partial charge in [-0.1, -0.05) is 38.1 Å². The van der Waals surface area contributed by atoms with Crippen molar-refractivity contribution in [2.45, 2.75) is 63.3 Å². The third-order valence-corrected chi connectivity index (χ3v) is 7.55. The maximum absolute atomic E-state index is 13.3. The Labute approximate surface area is 207 Å². The number of aryl methyl sites for hydroxylation is 1. The van der Waals surface area contributed by atoms with Crippen LogP contribution in [-0.2, 0) is 37.2 Å². The summed E-state index contributed by atoms with van der Waals surface area (Å²) in [6.07, 6.45) is 5.81. The van der Waals surface area contributed by atoms with Crippen LogP contribution in [0.4, 0.5) is 0 Å². The van der Waals surface area contributed by atoms with E-state index in [0.29, 0.717) is 32.2 Å². The Morgan fingerprint density at radius 1 is 1.11 bits per heavy atom. The zero-order valence-corrected chi connectivity index (χ0v) is 21.0. The van der Waals surface area contributed by atoms with Gasteiger partial charge in [0.25, 0.3) is 5.91 Å². The molecular formula is C26H33N3O5S. The van der Waals surface area contributed by atoms with Crippen LogP contribution in [0.3, 0.4) is 0 Å². The Bertz CT molecular complexity index is 1150. The Balaban J connectivity index is 1.77. The average Bonchev–Trinajstić information content (AvgIpc) is 2.82. The van der Waals surface area contributed by atoms with E-state index in [0.717, 1.165) is 11.1 Å². The molecule has 188 valence electrons. The van der Waals surface area contributed by atoms with Crippen molar-refractivity contribution >= 4 is 27.5 Å². The number of nitrogens with zero attached hydrogens (tertiary/aromatic N) is 1. The van der Waals surface area contributed by atoms with Crippen LogP contribution < -0.4 is 10.0 Å². The van der Waals surface area contributed by atoms with E-state index in [1.54, 1.807) is 30.6 Å². The number of Topliss-reactive ketones (excluding diaryl/α,β-unsaturated/α-hetero) is 2. The molecule has 2 aromatic rings. The van der Waals surface area contributed by atoms with Gasteiger partial charge in [-0.15, -0.1) is 0 Å². The topological polar surface area (TPSA) is 122 Å². The van der Waals surface area contributed by atoms with Crippen LogP contribution in [0.15, 0.2) is 53.7 Å². The molecule has 1 amide bonds. The molecule has 2 heterocycles. The highest BCUT2D eigenvalue weighted by Crippen LogP contribution is 2.21. The van der Waals surface area contributed by atoms with Crippen LogP contribution >= 0.6 is 0 Å². The molecule has 0 saturated heterocycles. The largest absolute Gasteiger partial charge is 0.349 e. The van der Waals surface area contributed by atoms with Crippen LogP contribution in [0.2, 0.25) is 0 Å². The Morgan fingerprint density at radius 3 is 2.49 bits per heavy atom. The first-order valence-corrected chi connectivity index (χ1v) is 13.5. The molecule has 1 aromatic carbocycles. The van der Waals surface area contributed by atoms with Gasteiger partial charge in [0.15, 0.2) is 5.78 Å². The second kappa shape index (κ2) is 12.2. The predicted octanol–water partition coefficient (Wildman–Crippen LogP) is 2.61. The number of aromatic nitrogens is 1. The second-order valence-electron chi connectivity index (χ2n) is 9.45. The number of hydrogen-bond acceptors (Lipinski definition) is 6. The number of rotatable bonds is 8. The van der Waals surface area contributed by atoms with Crippen LogP contribution in [0.25, 0.3) is 0 Å². The van der Waals surface area contributed by atoms with Gasteiger partial charge >= 0.3 is 0 Å². The number of sulfonamides is 1. The molecule has 35 heavy (non-hydrogen) atoms. The molecule has 2 unspecified atom stereocenters. The Morgan fingerprint density at radius 2 is 1.80 bits per heavy atom. The van der Waals surface area contributed by atoms with E-state index in [2.05, 4.69) is 15.0 Å². The fourth-order valence-corrected chi connectivity index (χ4v) is 5.50. The minimum atomic E-state index is -3.92. The van der Waals surface area contributed by atoms with E-state index in [1.807, 2.05) is 19.9 Å². The van der Waals surface area contributed by atoms with Gasteiger partial charge in [0.05, 0.1) is 10.9 Å². The van der Waals surface area contributed by atoms with Gasteiger partial charge in [-0.05, 0) is 61.3 Å². The summed E-state index contributed by atoms with van der Waals surface area (Å²) in [7, 11) is -3.92. The molecule has 2 bridgehead atoms. The number of fused-ring (bicyclic) bond motifs is 2. The third-order valence-electron chi connectivity index (χ3n) is 6.06. The van der Waals surface area contributed by atoms with Crippen LogP contribution in [-0.4, -0.2) is 43.5 Å². The Hall–Kier alpha value is -2.91. The lowest BCUT2D eigenvalue weighted by atomic mass is 9.87. The van der Waals surface area contributed by atoms with E-state index in [4.69, 9.17) is 0 Å². The molecule has 1 aliphatic heterocycles. The zero-order chi connectivity index (χ0) is 25.4. The average molecular weight is 500 g/mol. The molecule has 0 saturated carbocycles. The molecule has 2 N–H and O–H groups in total. The quantitative estimate of drug-likeness (QED) is 0.539. The summed E-state index contributed by atoms with van der Waals surface area (Å²) in [4.78, 5) is 43.1. The van der Waals surface area contributed by atoms with Crippen molar-refractivity contribution in [3.63, 3.8) is 0 Å². The van der Waals surface area contributed by atoms with E-state index in [9.17, 15) is 22.8 Å². The number of ketones is 2. The zero-order valence-electron chi connectivity index (χ0n) is 20.2. The monoisotopic (exact) mass is 499 g/mol. The molecular weight excluding hydrogens is 466 g/mol. The molecule has 0 aliphatic carbocycles. The molecule has 0 spiro atoms. The summed E-state index contributed by atoms with van der Waals surface area (Å²) in [6.45, 7) is 4.09. The van der Waals surface area contributed by atoms with Gasteiger partial charge in [-0.3, -0.25) is 19.4 Å². The van der Waals surface area contributed by atoms with Gasteiger partial charge in [0.2, 0.25) is 15.8 Å². The molecule has 8 nitrogen and oxygen atoms in total. The summed E-state index contributed by atoms with van der Waals surface area (Å²) in [5.41, 5.74) is 2.03. The molecule has 3 rings (SSSR count). The summed E-state index contributed by atoms with van der Waals surface area (Å²) in [5.74, 6) is -2.50. The third kappa shape index (κ3) is 7.80. The number of pyridine rings is 1. The predicted molar refractivity (Wildman–Crippen MR) is 132 cm³/mol.